The Hall–Kier alpha value is -1.23. The molecular formula is C16H22F3NO. The second-order valence-electron chi connectivity index (χ2n) is 6.00. The van der Waals surface area contributed by atoms with Crippen molar-refractivity contribution in [2.45, 2.75) is 58.3 Å². The zero-order valence-corrected chi connectivity index (χ0v) is 12.4. The van der Waals surface area contributed by atoms with E-state index < -0.39 is 18.1 Å². The molecule has 1 saturated carbocycles. The number of rotatable bonds is 3. The number of phenols is 1. The van der Waals surface area contributed by atoms with Crippen molar-refractivity contribution in [1.29, 1.82) is 0 Å². The standard InChI is InChI=1S/C16H22F3NO/c1-10-7-12(8-11(2)15(10)21)9-20-14-6-4-3-5-13(14)16(17,18)19/h7-8,13-14,20-21H,3-6,9H2,1-2H3. The minimum Gasteiger partial charge on any atom is -0.507 e. The molecule has 0 aliphatic heterocycles. The van der Waals surface area contributed by atoms with Crippen LogP contribution < -0.4 is 5.32 Å². The lowest BCUT2D eigenvalue weighted by molar-refractivity contribution is -0.189. The molecule has 21 heavy (non-hydrogen) atoms. The summed E-state index contributed by atoms with van der Waals surface area (Å²) < 4.78 is 39.1. The van der Waals surface area contributed by atoms with E-state index in [1.54, 1.807) is 13.8 Å². The molecule has 2 unspecified atom stereocenters. The second-order valence-corrected chi connectivity index (χ2v) is 6.00. The van der Waals surface area contributed by atoms with Gasteiger partial charge in [-0.1, -0.05) is 25.0 Å². The average molecular weight is 301 g/mol. The number of alkyl halides is 3. The van der Waals surface area contributed by atoms with Gasteiger partial charge in [0.1, 0.15) is 5.75 Å². The summed E-state index contributed by atoms with van der Waals surface area (Å²) in [6.45, 7) is 4.00. The first-order valence-electron chi connectivity index (χ1n) is 7.38. The Balaban J connectivity index is 2.04. The summed E-state index contributed by atoms with van der Waals surface area (Å²) in [4.78, 5) is 0. The summed E-state index contributed by atoms with van der Waals surface area (Å²) in [5, 5.41) is 12.8. The van der Waals surface area contributed by atoms with Crippen LogP contribution in [0.4, 0.5) is 13.2 Å². The minimum atomic E-state index is -4.13. The van der Waals surface area contributed by atoms with Gasteiger partial charge in [0, 0.05) is 12.6 Å². The Morgan fingerprint density at radius 3 is 2.29 bits per heavy atom. The van der Waals surface area contributed by atoms with Gasteiger partial charge in [-0.25, -0.2) is 0 Å². The highest BCUT2D eigenvalue weighted by Gasteiger charge is 2.45. The molecule has 1 aliphatic rings. The van der Waals surface area contributed by atoms with Gasteiger partial charge >= 0.3 is 6.18 Å². The highest BCUT2D eigenvalue weighted by molar-refractivity contribution is 5.42. The molecule has 1 aliphatic carbocycles. The van der Waals surface area contributed by atoms with Crippen molar-refractivity contribution in [2.75, 3.05) is 0 Å². The Kier molecular flexibility index (Phi) is 4.81. The lowest BCUT2D eigenvalue weighted by Crippen LogP contribution is -2.45. The van der Waals surface area contributed by atoms with Gasteiger partial charge in [-0.3, -0.25) is 0 Å². The van der Waals surface area contributed by atoms with Crippen LogP contribution in [0.5, 0.6) is 5.75 Å². The van der Waals surface area contributed by atoms with E-state index >= 15 is 0 Å². The third kappa shape index (κ3) is 3.90. The Morgan fingerprint density at radius 2 is 1.71 bits per heavy atom. The second kappa shape index (κ2) is 6.26. The number of aryl methyl sites for hydroxylation is 2. The molecule has 2 atom stereocenters. The third-order valence-corrected chi connectivity index (χ3v) is 4.31. The fourth-order valence-corrected chi connectivity index (χ4v) is 3.16. The molecular weight excluding hydrogens is 279 g/mol. The zero-order valence-electron chi connectivity index (χ0n) is 12.4. The zero-order chi connectivity index (χ0) is 15.6. The molecule has 0 saturated heterocycles. The average Bonchev–Trinajstić information content (AvgIpc) is 2.41. The van der Waals surface area contributed by atoms with Crippen LogP contribution in [0.2, 0.25) is 0 Å². The van der Waals surface area contributed by atoms with Gasteiger partial charge in [-0.15, -0.1) is 0 Å². The molecule has 0 bridgehead atoms. The van der Waals surface area contributed by atoms with Crippen LogP contribution in [-0.2, 0) is 6.54 Å². The lowest BCUT2D eigenvalue weighted by Gasteiger charge is -2.33. The predicted octanol–water partition coefficient (Wildman–Crippen LogP) is 4.22. The summed E-state index contributed by atoms with van der Waals surface area (Å²) in [6.07, 6.45) is -1.84. The fraction of sp³-hybridized carbons (Fsp3) is 0.625. The Labute approximate surface area is 123 Å². The highest BCUT2D eigenvalue weighted by atomic mass is 19.4. The largest absolute Gasteiger partial charge is 0.507 e. The van der Waals surface area contributed by atoms with Crippen molar-refractivity contribution in [3.8, 4) is 5.75 Å². The molecule has 2 nitrogen and oxygen atoms in total. The molecule has 1 aromatic rings. The van der Waals surface area contributed by atoms with Crippen LogP contribution in [0.3, 0.4) is 0 Å². The monoisotopic (exact) mass is 301 g/mol. The predicted molar refractivity (Wildman–Crippen MR) is 76.2 cm³/mol. The van der Waals surface area contributed by atoms with Gasteiger partial charge < -0.3 is 10.4 Å². The SMILES string of the molecule is Cc1cc(CNC2CCCCC2C(F)(F)F)cc(C)c1O. The quantitative estimate of drug-likeness (QED) is 0.876. The van der Waals surface area contributed by atoms with Crippen LogP contribution in [0.1, 0.15) is 42.4 Å². The normalized spacial score (nSPS) is 23.3. The minimum absolute atomic E-state index is 0.217. The highest BCUT2D eigenvalue weighted by Crippen LogP contribution is 2.37. The van der Waals surface area contributed by atoms with E-state index in [1.807, 2.05) is 12.1 Å². The van der Waals surface area contributed by atoms with E-state index in [9.17, 15) is 18.3 Å². The van der Waals surface area contributed by atoms with Crippen LogP contribution in [0.25, 0.3) is 0 Å². The molecule has 118 valence electrons. The van der Waals surface area contributed by atoms with Gasteiger partial charge in [0.05, 0.1) is 5.92 Å². The number of hydrogen-bond donors (Lipinski definition) is 2. The van der Waals surface area contributed by atoms with Crippen molar-refractivity contribution >= 4 is 0 Å². The van der Waals surface area contributed by atoms with Gasteiger partial charge in [0.15, 0.2) is 0 Å². The molecule has 0 amide bonds. The van der Waals surface area contributed by atoms with E-state index in [-0.39, 0.29) is 12.2 Å². The first-order valence-corrected chi connectivity index (χ1v) is 7.38. The maximum absolute atomic E-state index is 13.0. The summed E-state index contributed by atoms with van der Waals surface area (Å²) in [7, 11) is 0. The molecule has 5 heteroatoms. The fourth-order valence-electron chi connectivity index (χ4n) is 3.16. The summed E-state index contributed by atoms with van der Waals surface area (Å²) in [6, 6.07) is 3.13. The van der Waals surface area contributed by atoms with Crippen molar-refractivity contribution < 1.29 is 18.3 Å². The topological polar surface area (TPSA) is 32.3 Å². The maximum atomic E-state index is 13.0. The molecule has 2 rings (SSSR count). The number of phenolic OH excluding ortho intramolecular Hbond substituents is 1. The summed E-state index contributed by atoms with van der Waals surface area (Å²) in [5.41, 5.74) is 2.42. The molecule has 0 radical (unpaired) electrons. The molecule has 0 spiro atoms. The van der Waals surface area contributed by atoms with Crippen molar-refractivity contribution in [3.05, 3.63) is 28.8 Å². The van der Waals surface area contributed by atoms with Crippen molar-refractivity contribution in [3.63, 3.8) is 0 Å². The first kappa shape index (κ1) is 16.1. The number of halogens is 3. The van der Waals surface area contributed by atoms with Crippen LogP contribution >= 0.6 is 0 Å². The maximum Gasteiger partial charge on any atom is 0.393 e. The van der Waals surface area contributed by atoms with E-state index in [1.165, 1.54) is 0 Å². The number of benzene rings is 1. The Bertz CT molecular complexity index is 476. The summed E-state index contributed by atoms with van der Waals surface area (Å²) in [5.74, 6) is -0.991. The van der Waals surface area contributed by atoms with E-state index in [0.717, 1.165) is 23.1 Å². The van der Waals surface area contributed by atoms with Crippen LogP contribution in [0.15, 0.2) is 12.1 Å². The van der Waals surface area contributed by atoms with Gasteiger partial charge in [-0.05, 0) is 43.4 Å². The number of hydrogen-bond acceptors (Lipinski definition) is 2. The molecule has 0 heterocycles. The number of aromatic hydroxyl groups is 1. The van der Waals surface area contributed by atoms with Crippen molar-refractivity contribution in [2.24, 2.45) is 5.92 Å². The molecule has 1 aromatic carbocycles. The molecule has 1 fully saturated rings. The van der Waals surface area contributed by atoms with Crippen LogP contribution in [0, 0.1) is 19.8 Å². The van der Waals surface area contributed by atoms with E-state index in [2.05, 4.69) is 5.32 Å². The van der Waals surface area contributed by atoms with Gasteiger partial charge in [0.25, 0.3) is 0 Å². The van der Waals surface area contributed by atoms with E-state index in [0.29, 0.717) is 19.4 Å². The third-order valence-electron chi connectivity index (χ3n) is 4.31. The van der Waals surface area contributed by atoms with Crippen molar-refractivity contribution in [1.82, 2.24) is 5.32 Å². The summed E-state index contributed by atoms with van der Waals surface area (Å²) >= 11 is 0. The number of nitrogens with one attached hydrogen (secondary N) is 1. The molecule has 0 aromatic heterocycles. The Morgan fingerprint density at radius 1 is 1.14 bits per heavy atom. The lowest BCUT2D eigenvalue weighted by atomic mass is 9.84. The van der Waals surface area contributed by atoms with Gasteiger partial charge in [-0.2, -0.15) is 13.2 Å². The smallest absolute Gasteiger partial charge is 0.393 e. The molecule has 2 N–H and O–H groups in total. The first-order chi connectivity index (χ1) is 9.79. The van der Waals surface area contributed by atoms with E-state index in [4.69, 9.17) is 0 Å². The van der Waals surface area contributed by atoms with Crippen LogP contribution in [-0.4, -0.2) is 17.3 Å². The van der Waals surface area contributed by atoms with Gasteiger partial charge in [0.2, 0.25) is 0 Å².